The maximum atomic E-state index is 13.1. The van der Waals surface area contributed by atoms with Crippen LogP contribution in [0.1, 0.15) is 37.8 Å². The molecule has 1 aromatic rings. The van der Waals surface area contributed by atoms with Gasteiger partial charge in [0.05, 0.1) is 0 Å². The fraction of sp³-hybridized carbons (Fsp3) is 0.625. The van der Waals surface area contributed by atoms with Gasteiger partial charge in [0.2, 0.25) is 0 Å². The lowest BCUT2D eigenvalue weighted by Gasteiger charge is -2.22. The van der Waals surface area contributed by atoms with E-state index in [9.17, 15) is 4.39 Å². The van der Waals surface area contributed by atoms with Gasteiger partial charge in [0.25, 0.3) is 0 Å². The van der Waals surface area contributed by atoms with E-state index in [4.69, 9.17) is 0 Å². The Hall–Kier alpha value is -0.890. The van der Waals surface area contributed by atoms with Crippen LogP contribution in [0.15, 0.2) is 18.2 Å². The minimum Gasteiger partial charge on any atom is -0.314 e. The number of nitrogens with one attached hydrogen (secondary N) is 1. The maximum absolute atomic E-state index is 13.1. The molecule has 0 aromatic heterocycles. The lowest BCUT2D eigenvalue weighted by Crippen LogP contribution is -2.29. The molecule has 1 N–H and O–H groups in total. The summed E-state index contributed by atoms with van der Waals surface area (Å²) in [5, 5.41) is 3.62. The van der Waals surface area contributed by atoms with Gasteiger partial charge in [0.1, 0.15) is 5.82 Å². The SMILES string of the molecule is Cc1cc(F)ccc1CC(CNC1CC1)C(C)C. The Balaban J connectivity index is 1.97. The monoisotopic (exact) mass is 249 g/mol. The Morgan fingerprint density at radius 3 is 2.61 bits per heavy atom. The molecule has 1 unspecified atom stereocenters. The van der Waals surface area contributed by atoms with Crippen LogP contribution >= 0.6 is 0 Å². The Bertz CT molecular complexity index is 396. The molecule has 1 aliphatic carbocycles. The van der Waals surface area contributed by atoms with Crippen LogP contribution in [-0.4, -0.2) is 12.6 Å². The van der Waals surface area contributed by atoms with Crippen molar-refractivity contribution in [1.82, 2.24) is 5.32 Å². The molecule has 0 bridgehead atoms. The van der Waals surface area contributed by atoms with Gasteiger partial charge < -0.3 is 5.32 Å². The second-order valence-corrected chi connectivity index (χ2v) is 5.96. The lowest BCUT2D eigenvalue weighted by atomic mass is 9.87. The van der Waals surface area contributed by atoms with Crippen molar-refractivity contribution in [3.05, 3.63) is 35.1 Å². The van der Waals surface area contributed by atoms with E-state index in [2.05, 4.69) is 19.2 Å². The predicted molar refractivity (Wildman–Crippen MR) is 74.2 cm³/mol. The third-order valence-corrected chi connectivity index (χ3v) is 3.98. The number of benzene rings is 1. The Labute approximate surface area is 110 Å². The number of hydrogen-bond donors (Lipinski definition) is 1. The topological polar surface area (TPSA) is 12.0 Å². The first kappa shape index (κ1) is 13.5. The first-order chi connectivity index (χ1) is 8.56. The molecule has 2 heteroatoms. The van der Waals surface area contributed by atoms with Crippen molar-refractivity contribution in [3.8, 4) is 0 Å². The molecule has 18 heavy (non-hydrogen) atoms. The number of aryl methyl sites for hydroxylation is 1. The molecule has 0 radical (unpaired) electrons. The quantitative estimate of drug-likeness (QED) is 0.810. The van der Waals surface area contributed by atoms with Crippen molar-refractivity contribution in [2.24, 2.45) is 11.8 Å². The average Bonchev–Trinajstić information content (AvgIpc) is 3.10. The Morgan fingerprint density at radius 1 is 1.33 bits per heavy atom. The second kappa shape index (κ2) is 5.83. The Morgan fingerprint density at radius 2 is 2.06 bits per heavy atom. The maximum Gasteiger partial charge on any atom is 0.123 e. The van der Waals surface area contributed by atoms with Crippen LogP contribution in [0, 0.1) is 24.6 Å². The summed E-state index contributed by atoms with van der Waals surface area (Å²) in [6, 6.07) is 5.92. The molecular weight excluding hydrogens is 225 g/mol. The van der Waals surface area contributed by atoms with E-state index < -0.39 is 0 Å². The normalized spacial score (nSPS) is 17.2. The van der Waals surface area contributed by atoms with Gasteiger partial charge in [-0.3, -0.25) is 0 Å². The smallest absolute Gasteiger partial charge is 0.123 e. The highest BCUT2D eigenvalue weighted by molar-refractivity contribution is 5.27. The molecule has 1 saturated carbocycles. The van der Waals surface area contributed by atoms with Crippen LogP contribution in [0.5, 0.6) is 0 Å². The van der Waals surface area contributed by atoms with E-state index in [1.165, 1.54) is 18.4 Å². The highest BCUT2D eigenvalue weighted by Gasteiger charge is 2.23. The van der Waals surface area contributed by atoms with Crippen molar-refractivity contribution in [3.63, 3.8) is 0 Å². The largest absolute Gasteiger partial charge is 0.314 e. The van der Waals surface area contributed by atoms with Crippen molar-refractivity contribution < 1.29 is 4.39 Å². The lowest BCUT2D eigenvalue weighted by molar-refractivity contribution is 0.359. The summed E-state index contributed by atoms with van der Waals surface area (Å²) in [4.78, 5) is 0. The third-order valence-electron chi connectivity index (χ3n) is 3.98. The van der Waals surface area contributed by atoms with E-state index >= 15 is 0 Å². The standard InChI is InChI=1S/C16H24FN/c1-11(2)14(10-18-16-6-7-16)9-13-4-5-15(17)8-12(13)3/h4-5,8,11,14,16,18H,6-7,9-10H2,1-3H3. The van der Waals surface area contributed by atoms with Crippen molar-refractivity contribution in [1.29, 1.82) is 0 Å². The van der Waals surface area contributed by atoms with Gasteiger partial charge in [0, 0.05) is 6.04 Å². The van der Waals surface area contributed by atoms with Gasteiger partial charge in [-0.15, -0.1) is 0 Å². The minimum atomic E-state index is -0.131. The molecule has 1 fully saturated rings. The van der Waals surface area contributed by atoms with Gasteiger partial charge in [-0.05, 0) is 67.8 Å². The zero-order valence-corrected chi connectivity index (χ0v) is 11.7. The van der Waals surface area contributed by atoms with Crippen molar-refractivity contribution >= 4 is 0 Å². The summed E-state index contributed by atoms with van der Waals surface area (Å²) >= 11 is 0. The molecule has 2 rings (SSSR count). The Kier molecular flexibility index (Phi) is 4.39. The molecule has 100 valence electrons. The first-order valence-electron chi connectivity index (χ1n) is 7.04. The van der Waals surface area contributed by atoms with E-state index in [0.717, 1.165) is 24.6 Å². The number of rotatable bonds is 6. The predicted octanol–water partition coefficient (Wildman–Crippen LogP) is 3.70. The van der Waals surface area contributed by atoms with Crippen LogP contribution < -0.4 is 5.32 Å². The summed E-state index contributed by atoms with van der Waals surface area (Å²) < 4.78 is 13.1. The highest BCUT2D eigenvalue weighted by Crippen LogP contribution is 2.23. The summed E-state index contributed by atoms with van der Waals surface area (Å²) in [5.74, 6) is 1.16. The zero-order chi connectivity index (χ0) is 13.1. The van der Waals surface area contributed by atoms with Crippen LogP contribution in [0.3, 0.4) is 0 Å². The highest BCUT2D eigenvalue weighted by atomic mass is 19.1. The summed E-state index contributed by atoms with van der Waals surface area (Å²) in [5.41, 5.74) is 2.36. The van der Waals surface area contributed by atoms with Crippen molar-refractivity contribution in [2.75, 3.05) is 6.54 Å². The summed E-state index contributed by atoms with van der Waals surface area (Å²) in [7, 11) is 0. The zero-order valence-electron chi connectivity index (χ0n) is 11.7. The third kappa shape index (κ3) is 3.81. The fourth-order valence-corrected chi connectivity index (χ4v) is 2.32. The fourth-order valence-electron chi connectivity index (χ4n) is 2.32. The van der Waals surface area contributed by atoms with Gasteiger partial charge in [-0.25, -0.2) is 4.39 Å². The van der Waals surface area contributed by atoms with Crippen LogP contribution in [0.4, 0.5) is 4.39 Å². The number of hydrogen-bond acceptors (Lipinski definition) is 1. The van der Waals surface area contributed by atoms with Gasteiger partial charge in [-0.2, -0.15) is 0 Å². The molecular formula is C16H24FN. The average molecular weight is 249 g/mol. The molecule has 1 nitrogen and oxygen atoms in total. The molecule has 0 saturated heterocycles. The first-order valence-corrected chi connectivity index (χ1v) is 7.04. The molecule has 1 aromatic carbocycles. The minimum absolute atomic E-state index is 0.131. The van der Waals surface area contributed by atoms with E-state index in [-0.39, 0.29) is 5.82 Å². The molecule has 1 aliphatic rings. The molecule has 0 spiro atoms. The molecule has 0 aliphatic heterocycles. The van der Waals surface area contributed by atoms with E-state index in [1.807, 2.05) is 13.0 Å². The van der Waals surface area contributed by atoms with Gasteiger partial charge >= 0.3 is 0 Å². The molecule has 0 amide bonds. The van der Waals surface area contributed by atoms with E-state index in [0.29, 0.717) is 11.8 Å². The summed E-state index contributed by atoms with van der Waals surface area (Å²) in [6.07, 6.45) is 3.71. The number of halogens is 1. The molecule has 1 atom stereocenters. The van der Waals surface area contributed by atoms with E-state index in [1.54, 1.807) is 12.1 Å². The second-order valence-electron chi connectivity index (χ2n) is 5.96. The summed E-state index contributed by atoms with van der Waals surface area (Å²) in [6.45, 7) is 7.64. The van der Waals surface area contributed by atoms with Gasteiger partial charge in [-0.1, -0.05) is 19.9 Å². The van der Waals surface area contributed by atoms with Crippen LogP contribution in [0.2, 0.25) is 0 Å². The van der Waals surface area contributed by atoms with Crippen LogP contribution in [-0.2, 0) is 6.42 Å². The van der Waals surface area contributed by atoms with Crippen LogP contribution in [0.25, 0.3) is 0 Å². The molecule has 0 heterocycles. The van der Waals surface area contributed by atoms with Crippen molar-refractivity contribution in [2.45, 2.75) is 46.1 Å². The van der Waals surface area contributed by atoms with Gasteiger partial charge in [0.15, 0.2) is 0 Å².